The lowest BCUT2D eigenvalue weighted by molar-refractivity contribution is -0.140. The summed E-state index contributed by atoms with van der Waals surface area (Å²) >= 11 is 0. The molecule has 2 amide bonds. The number of aryl methyl sites for hydroxylation is 1. The fourth-order valence-corrected chi connectivity index (χ4v) is 5.74. The molecule has 3 rings (SSSR count). The first-order valence-electron chi connectivity index (χ1n) is 13.7. The van der Waals surface area contributed by atoms with E-state index in [1.54, 1.807) is 55.6 Å². The molecule has 0 aliphatic rings. The molecule has 0 spiro atoms. The van der Waals surface area contributed by atoms with Crippen molar-refractivity contribution >= 4 is 27.5 Å². The van der Waals surface area contributed by atoms with Crippen LogP contribution in [0.2, 0.25) is 0 Å². The van der Waals surface area contributed by atoms with Gasteiger partial charge in [0.25, 0.3) is 10.0 Å². The number of carbonyl (C=O) groups excluding carboxylic acids is 2. The normalized spacial score (nSPS) is 11.9. The second-order valence-corrected chi connectivity index (χ2v) is 11.6. The van der Waals surface area contributed by atoms with E-state index in [2.05, 4.69) is 5.32 Å². The number of sulfonamides is 1. The van der Waals surface area contributed by atoms with Gasteiger partial charge < -0.3 is 15.0 Å². The number of methoxy groups -OCH3 is 1. The quantitative estimate of drug-likeness (QED) is 0.268. The first kappa shape index (κ1) is 31.6. The van der Waals surface area contributed by atoms with Crippen LogP contribution >= 0.6 is 0 Å². The third-order valence-electron chi connectivity index (χ3n) is 6.73. The molecule has 0 aliphatic carbocycles. The van der Waals surface area contributed by atoms with Gasteiger partial charge in [0.05, 0.1) is 17.7 Å². The topological polar surface area (TPSA) is 96.0 Å². The summed E-state index contributed by atoms with van der Waals surface area (Å²) in [5.74, 6) is -0.782. The number of unbranched alkanes of at least 4 members (excludes halogenated alkanes) is 1. The molecule has 0 saturated carbocycles. The van der Waals surface area contributed by atoms with Crippen molar-refractivity contribution in [2.24, 2.45) is 0 Å². The summed E-state index contributed by atoms with van der Waals surface area (Å²) in [5, 5.41) is 2.91. The van der Waals surface area contributed by atoms with Gasteiger partial charge in [0.1, 0.15) is 24.2 Å². The van der Waals surface area contributed by atoms with E-state index in [1.807, 2.05) is 20.8 Å². The third kappa shape index (κ3) is 8.29. The van der Waals surface area contributed by atoms with Gasteiger partial charge in [-0.15, -0.1) is 0 Å². The molecule has 0 aromatic heterocycles. The summed E-state index contributed by atoms with van der Waals surface area (Å²) < 4.78 is 47.5. The predicted molar refractivity (Wildman–Crippen MR) is 158 cm³/mol. The number of benzene rings is 3. The summed E-state index contributed by atoms with van der Waals surface area (Å²) in [5.41, 5.74) is 1.94. The Kier molecular flexibility index (Phi) is 11.3. The molecular formula is C31H38FN3O5S. The molecule has 0 aliphatic heterocycles. The number of carbonyl (C=O) groups is 2. The minimum absolute atomic E-state index is 0.0842. The van der Waals surface area contributed by atoms with E-state index < -0.39 is 34.3 Å². The summed E-state index contributed by atoms with van der Waals surface area (Å²) in [6, 6.07) is 17.5. The van der Waals surface area contributed by atoms with E-state index in [-0.39, 0.29) is 23.0 Å². The lowest BCUT2D eigenvalue weighted by Crippen LogP contribution is -2.52. The maximum atomic E-state index is 14.0. The van der Waals surface area contributed by atoms with Crippen molar-refractivity contribution in [2.75, 3.05) is 24.5 Å². The highest BCUT2D eigenvalue weighted by Crippen LogP contribution is 2.26. The summed E-state index contributed by atoms with van der Waals surface area (Å²) in [4.78, 5) is 28.5. The predicted octanol–water partition coefficient (Wildman–Crippen LogP) is 5.06. The van der Waals surface area contributed by atoms with E-state index in [0.29, 0.717) is 18.7 Å². The Bertz CT molecular complexity index is 1400. The van der Waals surface area contributed by atoms with Crippen molar-refractivity contribution in [1.29, 1.82) is 0 Å². The number of amides is 2. The number of hydrogen-bond donors (Lipinski definition) is 1. The largest absolute Gasteiger partial charge is 0.497 e. The number of halogens is 1. The first-order valence-corrected chi connectivity index (χ1v) is 15.1. The van der Waals surface area contributed by atoms with Gasteiger partial charge in [-0.3, -0.25) is 13.9 Å². The van der Waals surface area contributed by atoms with Crippen LogP contribution in [-0.2, 0) is 26.2 Å². The third-order valence-corrected chi connectivity index (χ3v) is 8.52. The van der Waals surface area contributed by atoms with Crippen LogP contribution in [0.15, 0.2) is 77.7 Å². The van der Waals surface area contributed by atoms with E-state index >= 15 is 0 Å². The standard InChI is InChI=1S/C31H38FN3O5S/c1-5-7-20-33-31(37)29(6-2)34(21-24-10-16-27(40-4)17-11-24)30(36)22-35(26-14-8-23(3)9-15-26)41(38,39)28-18-12-25(32)13-19-28/h8-19,29H,5-7,20-22H2,1-4H3,(H,33,37). The Morgan fingerprint density at radius 2 is 1.59 bits per heavy atom. The van der Waals surface area contributed by atoms with Gasteiger partial charge in [-0.05, 0) is 73.9 Å². The Labute approximate surface area is 242 Å². The molecule has 1 atom stereocenters. The fourth-order valence-electron chi connectivity index (χ4n) is 4.33. The zero-order valence-electron chi connectivity index (χ0n) is 24.0. The van der Waals surface area contributed by atoms with Crippen LogP contribution < -0.4 is 14.4 Å². The molecule has 41 heavy (non-hydrogen) atoms. The second kappa shape index (κ2) is 14.6. The summed E-state index contributed by atoms with van der Waals surface area (Å²) in [6.07, 6.45) is 2.03. The van der Waals surface area contributed by atoms with Crippen molar-refractivity contribution in [1.82, 2.24) is 10.2 Å². The van der Waals surface area contributed by atoms with E-state index in [9.17, 15) is 22.4 Å². The Hall–Kier alpha value is -3.92. The number of hydrogen-bond acceptors (Lipinski definition) is 5. The molecule has 0 fully saturated rings. The maximum Gasteiger partial charge on any atom is 0.264 e. The molecule has 220 valence electrons. The zero-order valence-corrected chi connectivity index (χ0v) is 24.8. The van der Waals surface area contributed by atoms with Crippen LogP contribution in [0.25, 0.3) is 0 Å². The van der Waals surface area contributed by atoms with Crippen molar-refractivity contribution in [3.05, 3.63) is 89.7 Å². The molecule has 1 unspecified atom stereocenters. The van der Waals surface area contributed by atoms with Crippen LogP contribution in [0.5, 0.6) is 5.75 Å². The van der Waals surface area contributed by atoms with E-state index in [0.717, 1.165) is 40.4 Å². The highest BCUT2D eigenvalue weighted by Gasteiger charge is 2.33. The Morgan fingerprint density at radius 1 is 0.951 bits per heavy atom. The van der Waals surface area contributed by atoms with Crippen LogP contribution in [0.1, 0.15) is 44.2 Å². The van der Waals surface area contributed by atoms with Crippen LogP contribution in [0.3, 0.4) is 0 Å². The fraction of sp³-hybridized carbons (Fsp3) is 0.355. The van der Waals surface area contributed by atoms with Gasteiger partial charge in [0, 0.05) is 13.1 Å². The molecule has 3 aromatic carbocycles. The molecule has 10 heteroatoms. The average Bonchev–Trinajstić information content (AvgIpc) is 2.97. The number of nitrogens with zero attached hydrogens (tertiary/aromatic N) is 2. The van der Waals surface area contributed by atoms with Gasteiger partial charge in [-0.2, -0.15) is 0 Å². The molecule has 1 N–H and O–H groups in total. The molecule has 0 radical (unpaired) electrons. The summed E-state index contributed by atoms with van der Waals surface area (Å²) in [6.45, 7) is 5.70. The molecule has 0 heterocycles. The zero-order chi connectivity index (χ0) is 30.0. The van der Waals surface area contributed by atoms with Crippen LogP contribution in [-0.4, -0.2) is 51.4 Å². The number of nitrogens with one attached hydrogen (secondary N) is 1. The van der Waals surface area contributed by atoms with Gasteiger partial charge in [0.15, 0.2) is 0 Å². The van der Waals surface area contributed by atoms with Gasteiger partial charge in [-0.25, -0.2) is 12.8 Å². The second-order valence-electron chi connectivity index (χ2n) is 9.74. The van der Waals surface area contributed by atoms with Crippen LogP contribution in [0, 0.1) is 12.7 Å². The molecule has 3 aromatic rings. The van der Waals surface area contributed by atoms with Crippen molar-refractivity contribution < 1.29 is 27.1 Å². The van der Waals surface area contributed by atoms with E-state index in [1.165, 1.54) is 17.0 Å². The van der Waals surface area contributed by atoms with Gasteiger partial charge >= 0.3 is 0 Å². The van der Waals surface area contributed by atoms with Gasteiger partial charge in [-0.1, -0.05) is 50.1 Å². The molecule has 0 saturated heterocycles. The van der Waals surface area contributed by atoms with Crippen molar-refractivity contribution in [3.8, 4) is 5.75 Å². The van der Waals surface area contributed by atoms with Crippen LogP contribution in [0.4, 0.5) is 10.1 Å². The molecule has 0 bridgehead atoms. The smallest absolute Gasteiger partial charge is 0.264 e. The minimum Gasteiger partial charge on any atom is -0.497 e. The Balaban J connectivity index is 2.02. The highest BCUT2D eigenvalue weighted by atomic mass is 32.2. The van der Waals surface area contributed by atoms with Crippen molar-refractivity contribution in [3.63, 3.8) is 0 Å². The minimum atomic E-state index is -4.26. The lowest BCUT2D eigenvalue weighted by Gasteiger charge is -2.33. The summed E-state index contributed by atoms with van der Waals surface area (Å²) in [7, 11) is -2.71. The monoisotopic (exact) mass is 583 g/mol. The number of ether oxygens (including phenoxy) is 1. The lowest BCUT2D eigenvalue weighted by atomic mass is 10.1. The number of anilines is 1. The SMILES string of the molecule is CCCCNC(=O)C(CC)N(Cc1ccc(OC)cc1)C(=O)CN(c1ccc(C)cc1)S(=O)(=O)c1ccc(F)cc1. The first-order chi connectivity index (χ1) is 19.6. The molecule has 8 nitrogen and oxygen atoms in total. The van der Waals surface area contributed by atoms with Crippen molar-refractivity contribution in [2.45, 2.75) is 57.5 Å². The average molecular weight is 584 g/mol. The molecular weight excluding hydrogens is 545 g/mol. The Morgan fingerprint density at radius 3 is 2.15 bits per heavy atom. The highest BCUT2D eigenvalue weighted by molar-refractivity contribution is 7.92. The maximum absolute atomic E-state index is 14.0. The van der Waals surface area contributed by atoms with E-state index in [4.69, 9.17) is 4.74 Å². The van der Waals surface area contributed by atoms with Gasteiger partial charge in [0.2, 0.25) is 11.8 Å². The number of rotatable bonds is 14.